The molecule has 156 valence electrons. The summed E-state index contributed by atoms with van der Waals surface area (Å²) in [5.74, 6) is 1.84. The third-order valence-electron chi connectivity index (χ3n) is 6.69. The van der Waals surface area contributed by atoms with Crippen molar-refractivity contribution in [3.05, 3.63) is 64.7 Å². The predicted octanol–water partition coefficient (Wildman–Crippen LogP) is 5.41. The molecule has 29 heavy (non-hydrogen) atoms. The number of ether oxygens (including phenoxy) is 1. The van der Waals surface area contributed by atoms with Crippen LogP contribution in [0.5, 0.6) is 5.75 Å². The summed E-state index contributed by atoms with van der Waals surface area (Å²) in [6.07, 6.45) is 6.94. The van der Waals surface area contributed by atoms with E-state index in [0.717, 1.165) is 37.8 Å². The second kappa shape index (κ2) is 9.77. The maximum Gasteiger partial charge on any atom is 0.125 e. The van der Waals surface area contributed by atoms with Gasteiger partial charge in [0.2, 0.25) is 0 Å². The van der Waals surface area contributed by atoms with Crippen LogP contribution in [0, 0.1) is 19.8 Å². The summed E-state index contributed by atoms with van der Waals surface area (Å²) in [4.78, 5) is 2.74. The largest absolute Gasteiger partial charge is 0.488 e. The van der Waals surface area contributed by atoms with E-state index in [1.807, 2.05) is 0 Å². The Balaban J connectivity index is 1.57. The minimum Gasteiger partial charge on any atom is -0.488 e. The Morgan fingerprint density at radius 2 is 1.62 bits per heavy atom. The lowest BCUT2D eigenvalue weighted by Gasteiger charge is -2.41. The van der Waals surface area contributed by atoms with Crippen molar-refractivity contribution in [3.63, 3.8) is 0 Å². The van der Waals surface area contributed by atoms with E-state index in [4.69, 9.17) is 4.74 Å². The molecule has 2 aromatic rings. The molecule has 0 unspecified atom stereocenters. The Morgan fingerprint density at radius 3 is 2.28 bits per heavy atom. The maximum atomic E-state index is 6.26. The minimum absolute atomic E-state index is 0.554. The number of rotatable bonds is 6. The summed E-state index contributed by atoms with van der Waals surface area (Å²) < 4.78 is 6.26. The molecule has 0 amide bonds. The monoisotopic (exact) mass is 392 g/mol. The first-order valence-electron chi connectivity index (χ1n) is 11.4. The van der Waals surface area contributed by atoms with E-state index in [1.54, 1.807) is 0 Å². The van der Waals surface area contributed by atoms with Crippen LogP contribution in [-0.4, -0.2) is 31.1 Å². The van der Waals surface area contributed by atoms with Gasteiger partial charge in [0.15, 0.2) is 0 Å². The van der Waals surface area contributed by atoms with Crippen molar-refractivity contribution in [2.45, 2.75) is 58.6 Å². The van der Waals surface area contributed by atoms with Crippen LogP contribution in [-0.2, 0) is 6.61 Å². The van der Waals surface area contributed by atoms with Gasteiger partial charge in [-0.1, -0.05) is 61.7 Å². The average molecular weight is 393 g/mol. The van der Waals surface area contributed by atoms with Gasteiger partial charge in [0, 0.05) is 32.2 Å². The van der Waals surface area contributed by atoms with Crippen LogP contribution in [0.4, 0.5) is 0 Å². The highest BCUT2D eigenvalue weighted by molar-refractivity contribution is 5.44. The fourth-order valence-electron chi connectivity index (χ4n) is 5.30. The summed E-state index contributed by atoms with van der Waals surface area (Å²) in [6.45, 7) is 9.60. The molecule has 1 atom stereocenters. The van der Waals surface area contributed by atoms with Crippen molar-refractivity contribution in [1.82, 2.24) is 10.2 Å². The molecule has 2 aliphatic rings. The van der Waals surface area contributed by atoms with Gasteiger partial charge in [0.25, 0.3) is 0 Å². The quantitative estimate of drug-likeness (QED) is 0.711. The van der Waals surface area contributed by atoms with Crippen LogP contribution in [0.25, 0.3) is 0 Å². The minimum atomic E-state index is 0.554. The van der Waals surface area contributed by atoms with Gasteiger partial charge in [-0.2, -0.15) is 0 Å². The van der Waals surface area contributed by atoms with Crippen LogP contribution in [0.15, 0.2) is 42.5 Å². The van der Waals surface area contributed by atoms with Gasteiger partial charge in [0.05, 0.1) is 0 Å². The topological polar surface area (TPSA) is 24.5 Å². The number of piperazine rings is 1. The molecule has 2 aromatic carbocycles. The zero-order valence-electron chi connectivity index (χ0n) is 18.1. The van der Waals surface area contributed by atoms with Gasteiger partial charge in [-0.15, -0.1) is 0 Å². The summed E-state index contributed by atoms with van der Waals surface area (Å²) in [6, 6.07) is 15.8. The average Bonchev–Trinajstić information content (AvgIpc) is 2.76. The third kappa shape index (κ3) is 5.02. The number of aryl methyl sites for hydroxylation is 2. The standard InChI is InChI=1S/C26H36N2O/c1-20-17-24(18-21(2)26(20)29-19-22-9-5-3-6-10-22)25(23-11-7-4-8-12-23)28-15-13-27-14-16-28/h3,5-6,9-10,17-18,23,25,27H,4,7-8,11-16,19H2,1-2H3/t25-/m0/s1. The molecule has 0 spiro atoms. The van der Waals surface area contributed by atoms with Crippen molar-refractivity contribution in [1.29, 1.82) is 0 Å². The zero-order valence-corrected chi connectivity index (χ0v) is 18.1. The number of hydrogen-bond donors (Lipinski definition) is 1. The van der Waals surface area contributed by atoms with Gasteiger partial charge < -0.3 is 10.1 Å². The number of hydrogen-bond acceptors (Lipinski definition) is 3. The molecule has 1 N–H and O–H groups in total. The van der Waals surface area contributed by atoms with Crippen LogP contribution in [0.2, 0.25) is 0 Å². The van der Waals surface area contributed by atoms with Crippen LogP contribution >= 0.6 is 0 Å². The second-order valence-electron chi connectivity index (χ2n) is 8.89. The molecule has 3 heteroatoms. The molecule has 1 saturated heterocycles. The van der Waals surface area contributed by atoms with E-state index < -0.39 is 0 Å². The van der Waals surface area contributed by atoms with Gasteiger partial charge in [-0.05, 0) is 54.9 Å². The molecule has 0 bridgehead atoms. The number of benzene rings is 2. The summed E-state index contributed by atoms with van der Waals surface area (Å²) >= 11 is 0. The molecule has 1 aliphatic heterocycles. The fraction of sp³-hybridized carbons (Fsp3) is 0.538. The van der Waals surface area contributed by atoms with Gasteiger partial charge >= 0.3 is 0 Å². The molecule has 1 aliphatic carbocycles. The number of nitrogens with one attached hydrogen (secondary N) is 1. The maximum absolute atomic E-state index is 6.26. The first kappa shape index (κ1) is 20.4. The van der Waals surface area contributed by atoms with E-state index in [2.05, 4.69) is 66.5 Å². The third-order valence-corrected chi connectivity index (χ3v) is 6.69. The van der Waals surface area contributed by atoms with Gasteiger partial charge in [-0.3, -0.25) is 4.90 Å². The van der Waals surface area contributed by atoms with Crippen LogP contribution < -0.4 is 10.1 Å². The van der Waals surface area contributed by atoms with E-state index in [-0.39, 0.29) is 0 Å². The molecule has 2 fully saturated rings. The molecule has 4 rings (SSSR count). The lowest BCUT2D eigenvalue weighted by Crippen LogP contribution is -2.47. The molecule has 3 nitrogen and oxygen atoms in total. The SMILES string of the molecule is Cc1cc([C@H](C2CCCCC2)N2CCNCC2)cc(C)c1OCc1ccccc1. The second-order valence-corrected chi connectivity index (χ2v) is 8.89. The number of nitrogens with zero attached hydrogens (tertiary/aromatic N) is 1. The molecule has 1 heterocycles. The van der Waals surface area contributed by atoms with E-state index >= 15 is 0 Å². The van der Waals surface area contributed by atoms with Gasteiger partial charge in [-0.25, -0.2) is 0 Å². The molecule has 0 aromatic heterocycles. The van der Waals surface area contributed by atoms with Crippen molar-refractivity contribution in [2.24, 2.45) is 5.92 Å². The van der Waals surface area contributed by atoms with Crippen LogP contribution in [0.1, 0.15) is 60.4 Å². The smallest absolute Gasteiger partial charge is 0.125 e. The van der Waals surface area contributed by atoms with Crippen molar-refractivity contribution in [2.75, 3.05) is 26.2 Å². The highest BCUT2D eigenvalue weighted by atomic mass is 16.5. The normalized spacial score (nSPS) is 19.8. The Hall–Kier alpha value is -1.84. The van der Waals surface area contributed by atoms with Crippen molar-refractivity contribution >= 4 is 0 Å². The van der Waals surface area contributed by atoms with Crippen LogP contribution in [0.3, 0.4) is 0 Å². The Morgan fingerprint density at radius 1 is 0.966 bits per heavy atom. The van der Waals surface area contributed by atoms with E-state index in [1.165, 1.54) is 54.4 Å². The van der Waals surface area contributed by atoms with Crippen molar-refractivity contribution in [3.8, 4) is 5.75 Å². The highest BCUT2D eigenvalue weighted by Crippen LogP contribution is 2.40. The molecule has 1 saturated carbocycles. The fourth-order valence-corrected chi connectivity index (χ4v) is 5.30. The summed E-state index contributed by atoms with van der Waals surface area (Å²) in [5, 5.41) is 3.53. The first-order chi connectivity index (χ1) is 14.2. The first-order valence-corrected chi connectivity index (χ1v) is 11.4. The molecular weight excluding hydrogens is 356 g/mol. The summed E-state index contributed by atoms with van der Waals surface area (Å²) in [7, 11) is 0. The van der Waals surface area contributed by atoms with Crippen molar-refractivity contribution < 1.29 is 4.74 Å². The van der Waals surface area contributed by atoms with E-state index in [9.17, 15) is 0 Å². The molecule has 0 radical (unpaired) electrons. The summed E-state index contributed by atoms with van der Waals surface area (Å²) in [5.41, 5.74) is 5.26. The zero-order chi connectivity index (χ0) is 20.1. The Kier molecular flexibility index (Phi) is 6.89. The Bertz CT molecular complexity index is 736. The highest BCUT2D eigenvalue weighted by Gasteiger charge is 2.31. The van der Waals surface area contributed by atoms with E-state index in [0.29, 0.717) is 12.6 Å². The molecular formula is C26H36N2O. The predicted molar refractivity (Wildman–Crippen MR) is 120 cm³/mol. The van der Waals surface area contributed by atoms with Gasteiger partial charge in [0.1, 0.15) is 12.4 Å². The lowest BCUT2D eigenvalue weighted by atomic mass is 9.79. The Labute approximate surface area is 176 Å². The lowest BCUT2D eigenvalue weighted by molar-refractivity contribution is 0.103.